The number of nitro groups is 1. The average Bonchev–Trinajstić information content (AvgIpc) is 3.19. The Bertz CT molecular complexity index is 1240. The Balaban J connectivity index is 2.21. The van der Waals surface area contributed by atoms with Crippen LogP contribution in [0.15, 0.2) is 38.9 Å². The van der Waals surface area contributed by atoms with E-state index in [1.54, 1.807) is 6.92 Å². The molecule has 0 bridgehead atoms. The summed E-state index contributed by atoms with van der Waals surface area (Å²) in [4.78, 5) is 22.4. The Morgan fingerprint density at radius 3 is 2.68 bits per heavy atom. The number of thiophene rings is 1. The minimum atomic E-state index is -4.07. The number of benzene rings is 1. The van der Waals surface area contributed by atoms with Gasteiger partial charge in [-0.15, -0.1) is 15.7 Å². The fraction of sp³-hybridized carbons (Fsp3) is 0.200. The number of rotatable bonds is 6. The molecule has 0 aliphatic carbocycles. The third kappa shape index (κ3) is 4.24. The van der Waals surface area contributed by atoms with Gasteiger partial charge in [-0.2, -0.15) is 8.42 Å². The molecule has 0 aliphatic rings. The van der Waals surface area contributed by atoms with Crippen LogP contribution in [-0.2, 0) is 26.1 Å². The molecule has 0 amide bonds. The smallest absolute Gasteiger partial charge is 0.326 e. The number of hydrogen-bond acceptors (Lipinski definition) is 8. The molecule has 1 aromatic carbocycles. The number of esters is 1. The van der Waals surface area contributed by atoms with E-state index in [-0.39, 0.29) is 27.8 Å². The highest BCUT2D eigenvalue weighted by Gasteiger charge is 2.19. The molecule has 2 heterocycles. The van der Waals surface area contributed by atoms with Crippen LogP contribution in [0.1, 0.15) is 6.92 Å². The van der Waals surface area contributed by atoms with E-state index in [4.69, 9.17) is 16.3 Å². The summed E-state index contributed by atoms with van der Waals surface area (Å²) in [5, 5.41) is 11.0. The van der Waals surface area contributed by atoms with Gasteiger partial charge in [-0.3, -0.25) is 14.9 Å². The average molecular weight is 462 g/mol. The van der Waals surface area contributed by atoms with E-state index in [0.717, 1.165) is 22.7 Å². The van der Waals surface area contributed by atoms with Crippen molar-refractivity contribution in [2.45, 2.75) is 17.7 Å². The van der Waals surface area contributed by atoms with Gasteiger partial charge < -0.3 is 9.30 Å². The lowest BCUT2D eigenvalue weighted by molar-refractivity contribution is -0.384. The molecule has 0 fully saturated rings. The van der Waals surface area contributed by atoms with Gasteiger partial charge in [-0.1, -0.05) is 22.9 Å². The summed E-state index contributed by atoms with van der Waals surface area (Å²) >= 11 is 7.57. The van der Waals surface area contributed by atoms with E-state index in [2.05, 4.69) is 4.40 Å². The van der Waals surface area contributed by atoms with E-state index in [1.165, 1.54) is 34.9 Å². The van der Waals surface area contributed by atoms with Gasteiger partial charge in [0.2, 0.25) is 4.80 Å². The first-order valence-corrected chi connectivity index (χ1v) is 11.2. The van der Waals surface area contributed by atoms with Crippen LogP contribution in [0.5, 0.6) is 0 Å². The second kappa shape index (κ2) is 7.99. The first-order valence-electron chi connectivity index (χ1n) is 7.71. The molecule has 0 atom stereocenters. The minimum absolute atomic E-state index is 0.00641. The van der Waals surface area contributed by atoms with Gasteiger partial charge in [0.1, 0.15) is 10.8 Å². The maximum absolute atomic E-state index is 12.6. The zero-order chi connectivity index (χ0) is 20.5. The fourth-order valence-electron chi connectivity index (χ4n) is 2.32. The van der Waals surface area contributed by atoms with Crippen LogP contribution in [0, 0.1) is 10.1 Å². The minimum Gasteiger partial charge on any atom is -0.465 e. The maximum Gasteiger partial charge on any atom is 0.326 e. The number of hydrogen-bond donors (Lipinski definition) is 0. The molecule has 13 heteroatoms. The van der Waals surface area contributed by atoms with Crippen LogP contribution in [0.2, 0.25) is 4.34 Å². The number of fused-ring (bicyclic) bond motifs is 1. The van der Waals surface area contributed by atoms with Gasteiger partial charge >= 0.3 is 5.97 Å². The summed E-state index contributed by atoms with van der Waals surface area (Å²) in [5.74, 6) is -0.585. The number of thiazole rings is 1. The molecule has 148 valence electrons. The molecule has 0 N–H and O–H groups in total. The van der Waals surface area contributed by atoms with Crippen molar-refractivity contribution in [3.05, 3.63) is 49.6 Å². The number of ether oxygens (including phenoxy) is 1. The Hall–Kier alpha value is -2.28. The number of carbonyl (C=O) groups is 1. The number of nitro benzene ring substituents is 1. The molecule has 0 saturated carbocycles. The largest absolute Gasteiger partial charge is 0.465 e. The number of carbonyl (C=O) groups excluding carboxylic acids is 1. The van der Waals surface area contributed by atoms with Gasteiger partial charge in [0.15, 0.2) is 0 Å². The second-order valence-electron chi connectivity index (χ2n) is 5.31. The lowest BCUT2D eigenvalue weighted by Gasteiger charge is -2.05. The first kappa shape index (κ1) is 20.5. The Kier molecular flexibility index (Phi) is 5.84. The molecule has 28 heavy (non-hydrogen) atoms. The monoisotopic (exact) mass is 461 g/mol. The summed E-state index contributed by atoms with van der Waals surface area (Å²) in [6.07, 6.45) is 0. The zero-order valence-corrected chi connectivity index (χ0v) is 17.4. The number of nitrogens with zero attached hydrogens (tertiary/aromatic N) is 3. The van der Waals surface area contributed by atoms with Crippen LogP contribution in [0.3, 0.4) is 0 Å². The lowest BCUT2D eigenvalue weighted by atomic mass is 10.3. The molecule has 3 rings (SSSR count). The van der Waals surface area contributed by atoms with Crippen molar-refractivity contribution in [2.24, 2.45) is 4.40 Å². The van der Waals surface area contributed by atoms with Gasteiger partial charge in [0, 0.05) is 12.1 Å². The molecular weight excluding hydrogens is 450 g/mol. The van der Waals surface area contributed by atoms with Crippen molar-refractivity contribution in [1.29, 1.82) is 0 Å². The quantitative estimate of drug-likeness (QED) is 0.315. The summed E-state index contributed by atoms with van der Waals surface area (Å²) in [6, 6.07) is 6.79. The molecule has 3 aromatic rings. The van der Waals surface area contributed by atoms with E-state index < -0.39 is 20.9 Å². The van der Waals surface area contributed by atoms with Gasteiger partial charge in [0.05, 0.1) is 26.1 Å². The Morgan fingerprint density at radius 2 is 2.07 bits per heavy atom. The fourth-order valence-corrected chi connectivity index (χ4v) is 6.04. The van der Waals surface area contributed by atoms with Crippen LogP contribution in [0.25, 0.3) is 10.2 Å². The summed E-state index contributed by atoms with van der Waals surface area (Å²) in [7, 11) is -4.07. The molecule has 0 aliphatic heterocycles. The highest BCUT2D eigenvalue weighted by Crippen LogP contribution is 2.27. The van der Waals surface area contributed by atoms with Crippen LogP contribution < -0.4 is 4.80 Å². The van der Waals surface area contributed by atoms with Crippen molar-refractivity contribution in [1.82, 2.24) is 4.57 Å². The summed E-state index contributed by atoms with van der Waals surface area (Å²) in [5.41, 5.74) is 0.276. The topological polar surface area (TPSA) is 121 Å². The highest BCUT2D eigenvalue weighted by atomic mass is 35.5. The molecule has 2 aromatic heterocycles. The van der Waals surface area contributed by atoms with E-state index in [9.17, 15) is 23.3 Å². The second-order valence-corrected chi connectivity index (χ2v) is 9.86. The van der Waals surface area contributed by atoms with Crippen molar-refractivity contribution in [3.8, 4) is 0 Å². The molecule has 0 spiro atoms. The summed E-state index contributed by atoms with van der Waals surface area (Å²) < 4.78 is 35.9. The zero-order valence-electron chi connectivity index (χ0n) is 14.2. The number of aromatic nitrogens is 1. The van der Waals surface area contributed by atoms with Crippen molar-refractivity contribution < 1.29 is 22.9 Å². The van der Waals surface area contributed by atoms with E-state index in [0.29, 0.717) is 14.6 Å². The third-order valence-corrected chi connectivity index (χ3v) is 7.59. The predicted molar refractivity (Wildman–Crippen MR) is 105 cm³/mol. The van der Waals surface area contributed by atoms with Crippen LogP contribution >= 0.6 is 34.3 Å². The summed E-state index contributed by atoms with van der Waals surface area (Å²) in [6.45, 7) is 1.52. The van der Waals surface area contributed by atoms with Gasteiger partial charge in [-0.05, 0) is 25.1 Å². The van der Waals surface area contributed by atoms with Crippen LogP contribution in [0.4, 0.5) is 5.69 Å². The number of non-ortho nitro benzene ring substituents is 1. The molecular formula is C15H12ClN3O6S3. The first-order chi connectivity index (χ1) is 13.2. The SMILES string of the molecule is CCOC(=O)Cn1/c(=N/S(=O)(=O)c2ccc(Cl)s2)sc2cc([N+](=O)[O-])ccc21. The van der Waals surface area contributed by atoms with Crippen LogP contribution in [-0.4, -0.2) is 30.5 Å². The highest BCUT2D eigenvalue weighted by molar-refractivity contribution is 7.92. The molecule has 0 saturated heterocycles. The normalized spacial score (nSPS) is 12.4. The predicted octanol–water partition coefficient (Wildman–Crippen LogP) is 3.18. The Labute approximate surface area is 171 Å². The molecule has 0 radical (unpaired) electrons. The lowest BCUT2D eigenvalue weighted by Crippen LogP contribution is -2.23. The van der Waals surface area contributed by atoms with E-state index >= 15 is 0 Å². The van der Waals surface area contributed by atoms with Gasteiger partial charge in [0.25, 0.3) is 15.7 Å². The number of halogens is 1. The van der Waals surface area contributed by atoms with Crippen molar-refractivity contribution >= 4 is 66.2 Å². The third-order valence-electron chi connectivity index (χ3n) is 3.47. The van der Waals surface area contributed by atoms with Crippen molar-refractivity contribution in [3.63, 3.8) is 0 Å². The van der Waals surface area contributed by atoms with Gasteiger partial charge in [-0.25, -0.2) is 0 Å². The Morgan fingerprint density at radius 1 is 1.32 bits per heavy atom. The van der Waals surface area contributed by atoms with E-state index in [1.807, 2.05) is 0 Å². The maximum atomic E-state index is 12.6. The van der Waals surface area contributed by atoms with Crippen molar-refractivity contribution in [2.75, 3.05) is 6.61 Å². The molecule has 0 unspecified atom stereocenters. The molecule has 9 nitrogen and oxygen atoms in total. The number of sulfonamides is 1. The standard InChI is InChI=1S/C15H12ClN3O6S3/c1-2-25-13(20)8-18-10-4-3-9(19(21)22)7-11(10)26-15(18)17-28(23,24)14-6-5-12(16)27-14/h3-7H,2,8H2,1H3/b17-15-.